The topological polar surface area (TPSA) is 74.4 Å². The molecule has 0 radical (unpaired) electrons. The van der Waals surface area contributed by atoms with Crippen LogP contribution < -0.4 is 5.32 Å². The summed E-state index contributed by atoms with van der Waals surface area (Å²) in [5.41, 5.74) is 2.37. The van der Waals surface area contributed by atoms with E-state index in [0.717, 1.165) is 42.4 Å². The van der Waals surface area contributed by atoms with Crippen molar-refractivity contribution in [2.75, 3.05) is 31.6 Å². The van der Waals surface area contributed by atoms with Gasteiger partial charge in [-0.3, -0.25) is 15.0 Å². The zero-order valence-electron chi connectivity index (χ0n) is 16.6. The molecule has 4 rings (SSSR count). The number of ketones is 1. The van der Waals surface area contributed by atoms with Crippen LogP contribution in [-0.4, -0.2) is 48.0 Å². The molecular formula is C23H24ClN3O3. The molecule has 2 N–H and O–H groups in total. The Morgan fingerprint density at radius 2 is 1.87 bits per heavy atom. The average Bonchev–Trinajstić information content (AvgIpc) is 3.22. The summed E-state index contributed by atoms with van der Waals surface area (Å²) in [5.74, 6) is 0.218. The highest BCUT2D eigenvalue weighted by Crippen LogP contribution is 2.23. The van der Waals surface area contributed by atoms with Crippen LogP contribution in [0.5, 0.6) is 0 Å². The third-order valence-electron chi connectivity index (χ3n) is 5.53. The maximum absolute atomic E-state index is 12.6. The molecule has 1 aromatic heterocycles. The summed E-state index contributed by atoms with van der Waals surface area (Å²) in [6, 6.07) is 14.7. The maximum atomic E-state index is 12.6. The highest BCUT2D eigenvalue weighted by atomic mass is 35.5. The smallest absolute Gasteiger partial charge is 0.411 e. The molecule has 156 valence electrons. The predicted octanol–water partition coefficient (Wildman–Crippen LogP) is 4.96. The minimum absolute atomic E-state index is 0.0366. The van der Waals surface area contributed by atoms with E-state index in [1.54, 1.807) is 24.3 Å². The molecule has 0 aliphatic carbocycles. The number of anilines is 1. The first-order chi connectivity index (χ1) is 14.6. The summed E-state index contributed by atoms with van der Waals surface area (Å²) in [7, 11) is 0. The molecule has 1 aliphatic heterocycles. The standard InChI is InChI=1S/C23H24ClN3O3/c24-19-4-1-17(2-5-19)22(28)18-8-11-27(12-9-18)13-14-30-23(29)26-20-6-3-16-7-10-25-21(16)15-20/h1-7,10,15,18,25H,8-9,11-14H2,(H,26,29). The summed E-state index contributed by atoms with van der Waals surface area (Å²) >= 11 is 5.90. The molecule has 1 aliphatic rings. The number of amides is 1. The number of nitrogens with zero attached hydrogens (tertiary/aromatic N) is 1. The number of hydrogen-bond donors (Lipinski definition) is 2. The van der Waals surface area contributed by atoms with Gasteiger partial charge in [0, 0.05) is 40.4 Å². The van der Waals surface area contributed by atoms with E-state index in [9.17, 15) is 9.59 Å². The van der Waals surface area contributed by atoms with Crippen LogP contribution in [0.2, 0.25) is 5.02 Å². The SMILES string of the molecule is O=C(Nc1ccc2cc[nH]c2c1)OCCN1CCC(C(=O)c2ccc(Cl)cc2)CC1. The van der Waals surface area contributed by atoms with E-state index in [2.05, 4.69) is 15.2 Å². The minimum Gasteiger partial charge on any atom is -0.448 e. The number of nitrogens with one attached hydrogen (secondary N) is 2. The largest absolute Gasteiger partial charge is 0.448 e. The molecule has 0 atom stereocenters. The van der Waals surface area contributed by atoms with Crippen molar-refractivity contribution in [1.82, 2.24) is 9.88 Å². The van der Waals surface area contributed by atoms with Crippen molar-refractivity contribution in [2.24, 2.45) is 5.92 Å². The van der Waals surface area contributed by atoms with Gasteiger partial charge < -0.3 is 9.72 Å². The van der Waals surface area contributed by atoms with Crippen LogP contribution in [0, 0.1) is 5.92 Å². The summed E-state index contributed by atoms with van der Waals surface area (Å²) in [5, 5.41) is 4.48. The molecule has 2 aromatic carbocycles. The monoisotopic (exact) mass is 425 g/mol. The van der Waals surface area contributed by atoms with Gasteiger partial charge in [-0.15, -0.1) is 0 Å². The molecule has 1 amide bonds. The quantitative estimate of drug-likeness (QED) is 0.547. The first kappa shape index (κ1) is 20.4. The third-order valence-corrected chi connectivity index (χ3v) is 5.78. The normalized spacial score (nSPS) is 15.2. The number of likely N-dealkylation sites (tertiary alicyclic amines) is 1. The number of H-pyrrole nitrogens is 1. The predicted molar refractivity (Wildman–Crippen MR) is 118 cm³/mol. The van der Waals surface area contributed by atoms with Crippen LogP contribution in [0.25, 0.3) is 10.9 Å². The number of aromatic nitrogens is 1. The van der Waals surface area contributed by atoms with Gasteiger partial charge in [-0.05, 0) is 73.8 Å². The van der Waals surface area contributed by atoms with E-state index in [4.69, 9.17) is 16.3 Å². The zero-order chi connectivity index (χ0) is 20.9. The van der Waals surface area contributed by atoms with Crippen LogP contribution in [0.1, 0.15) is 23.2 Å². The van der Waals surface area contributed by atoms with Crippen molar-refractivity contribution in [3.63, 3.8) is 0 Å². The molecule has 0 unspecified atom stereocenters. The van der Waals surface area contributed by atoms with Crippen LogP contribution >= 0.6 is 11.6 Å². The van der Waals surface area contributed by atoms with Crippen molar-refractivity contribution in [3.05, 3.63) is 65.3 Å². The van der Waals surface area contributed by atoms with Gasteiger partial charge in [0.15, 0.2) is 5.78 Å². The van der Waals surface area contributed by atoms with Gasteiger partial charge in [-0.2, -0.15) is 0 Å². The van der Waals surface area contributed by atoms with Gasteiger partial charge in [0.2, 0.25) is 0 Å². The lowest BCUT2D eigenvalue weighted by atomic mass is 9.89. The summed E-state index contributed by atoms with van der Waals surface area (Å²) in [4.78, 5) is 30.0. The molecule has 0 bridgehead atoms. The first-order valence-corrected chi connectivity index (χ1v) is 10.5. The highest BCUT2D eigenvalue weighted by molar-refractivity contribution is 6.30. The fraction of sp³-hybridized carbons (Fsp3) is 0.304. The summed E-state index contributed by atoms with van der Waals surface area (Å²) in [6.45, 7) is 2.61. The van der Waals surface area contributed by atoms with Crippen LogP contribution in [-0.2, 0) is 4.74 Å². The fourth-order valence-electron chi connectivity index (χ4n) is 3.82. The summed E-state index contributed by atoms with van der Waals surface area (Å²) in [6.07, 6.45) is 3.01. The second-order valence-corrected chi connectivity index (χ2v) is 7.96. The zero-order valence-corrected chi connectivity index (χ0v) is 17.3. The van der Waals surface area contributed by atoms with E-state index < -0.39 is 6.09 Å². The molecule has 0 spiro atoms. The lowest BCUT2D eigenvalue weighted by molar-refractivity contribution is 0.0813. The number of carbonyl (C=O) groups excluding carboxylic acids is 2. The molecule has 6 nitrogen and oxygen atoms in total. The number of hydrogen-bond acceptors (Lipinski definition) is 4. The Morgan fingerprint density at radius 1 is 1.10 bits per heavy atom. The Hall–Kier alpha value is -2.83. The number of Topliss-reactive ketones (excluding diaryl/α,β-unsaturated/α-hetero) is 1. The highest BCUT2D eigenvalue weighted by Gasteiger charge is 2.25. The van der Waals surface area contributed by atoms with Gasteiger partial charge in [0.25, 0.3) is 0 Å². The number of ether oxygens (including phenoxy) is 1. The van der Waals surface area contributed by atoms with Gasteiger partial charge in [-0.1, -0.05) is 17.7 Å². The van der Waals surface area contributed by atoms with Crippen molar-refractivity contribution in [1.29, 1.82) is 0 Å². The molecule has 2 heterocycles. The van der Waals surface area contributed by atoms with E-state index >= 15 is 0 Å². The number of carbonyl (C=O) groups is 2. The van der Waals surface area contributed by atoms with Crippen molar-refractivity contribution in [2.45, 2.75) is 12.8 Å². The number of rotatable bonds is 6. The van der Waals surface area contributed by atoms with Gasteiger partial charge in [0.1, 0.15) is 6.61 Å². The average molecular weight is 426 g/mol. The lowest BCUT2D eigenvalue weighted by Gasteiger charge is -2.31. The second-order valence-electron chi connectivity index (χ2n) is 7.53. The maximum Gasteiger partial charge on any atom is 0.411 e. The van der Waals surface area contributed by atoms with E-state index in [0.29, 0.717) is 23.9 Å². The molecule has 3 aromatic rings. The van der Waals surface area contributed by atoms with E-state index in [-0.39, 0.29) is 11.7 Å². The number of halogens is 1. The Bertz CT molecular complexity index is 1020. The van der Waals surface area contributed by atoms with E-state index in [1.165, 1.54) is 0 Å². The van der Waals surface area contributed by atoms with Crippen LogP contribution in [0.4, 0.5) is 10.5 Å². The van der Waals surface area contributed by atoms with Crippen molar-refractivity contribution >= 4 is 40.1 Å². The number of aromatic amines is 1. The van der Waals surface area contributed by atoms with Gasteiger partial charge in [-0.25, -0.2) is 4.79 Å². The fourth-order valence-corrected chi connectivity index (χ4v) is 3.94. The van der Waals surface area contributed by atoms with Crippen molar-refractivity contribution < 1.29 is 14.3 Å². The molecule has 7 heteroatoms. The molecule has 1 saturated heterocycles. The Balaban J connectivity index is 1.18. The minimum atomic E-state index is -0.464. The second kappa shape index (κ2) is 9.32. The number of piperidine rings is 1. The van der Waals surface area contributed by atoms with Crippen LogP contribution in [0.15, 0.2) is 54.7 Å². The molecule has 1 fully saturated rings. The van der Waals surface area contributed by atoms with E-state index in [1.807, 2.05) is 30.5 Å². The molecular weight excluding hydrogens is 402 g/mol. The number of benzene rings is 2. The Kier molecular flexibility index (Phi) is 6.35. The van der Waals surface area contributed by atoms with Crippen molar-refractivity contribution in [3.8, 4) is 0 Å². The number of fused-ring (bicyclic) bond motifs is 1. The Labute approximate surface area is 180 Å². The van der Waals surface area contributed by atoms with Crippen LogP contribution in [0.3, 0.4) is 0 Å². The molecule has 0 saturated carbocycles. The molecule has 30 heavy (non-hydrogen) atoms. The first-order valence-electron chi connectivity index (χ1n) is 10.1. The van der Waals surface area contributed by atoms with Gasteiger partial charge >= 0.3 is 6.09 Å². The Morgan fingerprint density at radius 3 is 2.63 bits per heavy atom. The van der Waals surface area contributed by atoms with Gasteiger partial charge in [0.05, 0.1) is 0 Å². The third kappa shape index (κ3) is 5.01. The summed E-state index contributed by atoms with van der Waals surface area (Å²) < 4.78 is 5.32. The lowest BCUT2D eigenvalue weighted by Crippen LogP contribution is -2.38.